The van der Waals surface area contributed by atoms with Gasteiger partial charge < -0.3 is 5.32 Å². The lowest BCUT2D eigenvalue weighted by molar-refractivity contribution is -0.140. The van der Waals surface area contributed by atoms with Crippen LogP contribution in [-0.4, -0.2) is 37.3 Å². The van der Waals surface area contributed by atoms with E-state index in [4.69, 9.17) is 0 Å². The first-order chi connectivity index (χ1) is 11.1. The summed E-state index contributed by atoms with van der Waals surface area (Å²) in [6.45, 7) is 1.81. The van der Waals surface area contributed by atoms with Crippen LogP contribution in [-0.2, 0) is 6.18 Å². The van der Waals surface area contributed by atoms with Crippen molar-refractivity contribution in [2.24, 2.45) is 0 Å². The highest BCUT2D eigenvalue weighted by atomic mass is 19.4. The second-order valence-corrected chi connectivity index (χ2v) is 5.73. The highest BCUT2D eigenvalue weighted by Gasteiger charge is 2.35. The normalized spacial score (nSPS) is 18.6. The maximum atomic E-state index is 13.6. The number of piperazine rings is 1. The predicted octanol–water partition coefficient (Wildman–Crippen LogP) is 4.13. The highest BCUT2D eigenvalue weighted by molar-refractivity contribution is 5.29. The first-order valence-corrected chi connectivity index (χ1v) is 7.45. The van der Waals surface area contributed by atoms with Crippen LogP contribution >= 0.6 is 0 Å². The van der Waals surface area contributed by atoms with E-state index in [0.717, 1.165) is 12.1 Å². The molecule has 0 aliphatic carbocycles. The standard InChI is InChI=1S/C15H17F7N2/c16-12-8-10(7-11(9-12)15(20,21)22)13(1-2-14(17,18)19)24-5-3-23-4-6-24/h7-9,13,23H,1-6H2/t13-/m0/s1. The van der Waals surface area contributed by atoms with Gasteiger partial charge in [0.1, 0.15) is 5.82 Å². The minimum atomic E-state index is -4.76. The Labute approximate surface area is 134 Å². The number of hydrogen-bond acceptors (Lipinski definition) is 2. The van der Waals surface area contributed by atoms with E-state index in [1.165, 1.54) is 0 Å². The van der Waals surface area contributed by atoms with Gasteiger partial charge in [0.25, 0.3) is 0 Å². The summed E-state index contributed by atoms with van der Waals surface area (Å²) in [4.78, 5) is 1.66. The van der Waals surface area contributed by atoms with Crippen LogP contribution in [0.3, 0.4) is 0 Å². The third kappa shape index (κ3) is 5.34. The van der Waals surface area contributed by atoms with Crippen LogP contribution in [0.2, 0.25) is 0 Å². The smallest absolute Gasteiger partial charge is 0.314 e. The van der Waals surface area contributed by atoms with Crippen molar-refractivity contribution in [1.29, 1.82) is 0 Å². The maximum Gasteiger partial charge on any atom is 0.416 e. The molecule has 0 unspecified atom stereocenters. The predicted molar refractivity (Wildman–Crippen MR) is 73.9 cm³/mol. The molecule has 0 radical (unpaired) electrons. The van der Waals surface area contributed by atoms with Crippen molar-refractivity contribution in [3.05, 3.63) is 35.1 Å². The molecule has 0 spiro atoms. The Kier molecular flexibility index (Phi) is 5.74. The van der Waals surface area contributed by atoms with Crippen molar-refractivity contribution in [3.63, 3.8) is 0 Å². The Bertz CT molecular complexity index is 548. The molecule has 1 atom stereocenters. The SMILES string of the molecule is Fc1cc([C@H](CCC(F)(F)F)N2CCNCC2)cc(C(F)(F)F)c1. The zero-order valence-electron chi connectivity index (χ0n) is 12.6. The van der Waals surface area contributed by atoms with E-state index in [2.05, 4.69) is 5.32 Å². The summed E-state index contributed by atoms with van der Waals surface area (Å²) < 4.78 is 89.9. The van der Waals surface area contributed by atoms with Crippen LogP contribution in [0.15, 0.2) is 18.2 Å². The van der Waals surface area contributed by atoms with Gasteiger partial charge in [0.05, 0.1) is 5.56 Å². The summed E-state index contributed by atoms with van der Waals surface area (Å²) in [6, 6.07) is 1.07. The van der Waals surface area contributed by atoms with Gasteiger partial charge in [-0.3, -0.25) is 4.90 Å². The van der Waals surface area contributed by atoms with E-state index in [0.29, 0.717) is 32.2 Å². The molecular formula is C15H17F7N2. The first-order valence-electron chi connectivity index (χ1n) is 7.45. The molecule has 1 aromatic rings. The molecule has 1 aliphatic rings. The van der Waals surface area contributed by atoms with E-state index in [1.54, 1.807) is 4.90 Å². The minimum absolute atomic E-state index is 0.0755. The Morgan fingerprint density at radius 2 is 1.62 bits per heavy atom. The average molecular weight is 358 g/mol. The molecule has 0 bridgehead atoms. The molecule has 1 fully saturated rings. The molecule has 24 heavy (non-hydrogen) atoms. The third-order valence-corrected chi connectivity index (χ3v) is 3.93. The number of alkyl halides is 6. The van der Waals surface area contributed by atoms with Gasteiger partial charge in [-0.2, -0.15) is 26.3 Å². The van der Waals surface area contributed by atoms with Gasteiger partial charge in [-0.1, -0.05) is 0 Å². The third-order valence-electron chi connectivity index (χ3n) is 3.93. The molecule has 136 valence electrons. The second kappa shape index (κ2) is 7.26. The van der Waals surface area contributed by atoms with E-state index >= 15 is 0 Å². The van der Waals surface area contributed by atoms with Crippen molar-refractivity contribution < 1.29 is 30.7 Å². The largest absolute Gasteiger partial charge is 0.416 e. The lowest BCUT2D eigenvalue weighted by Gasteiger charge is -2.35. The molecule has 0 saturated carbocycles. The molecule has 1 N–H and O–H groups in total. The number of rotatable bonds is 4. The van der Waals surface area contributed by atoms with Gasteiger partial charge in [0.15, 0.2) is 0 Å². The molecule has 1 aliphatic heterocycles. The Hall–Kier alpha value is -1.35. The van der Waals surface area contributed by atoms with Crippen LogP contribution in [0.4, 0.5) is 30.7 Å². The fourth-order valence-electron chi connectivity index (χ4n) is 2.82. The van der Waals surface area contributed by atoms with Gasteiger partial charge in [0, 0.05) is 38.6 Å². The lowest BCUT2D eigenvalue weighted by atomic mass is 9.97. The number of hydrogen-bond donors (Lipinski definition) is 1. The van der Waals surface area contributed by atoms with Crippen LogP contribution in [0.25, 0.3) is 0 Å². The summed E-state index contributed by atoms with van der Waals surface area (Å²) in [6.07, 6.45) is -10.7. The molecule has 0 aromatic heterocycles. The fourth-order valence-corrected chi connectivity index (χ4v) is 2.82. The number of nitrogens with one attached hydrogen (secondary N) is 1. The van der Waals surface area contributed by atoms with Crippen LogP contribution in [0.1, 0.15) is 30.0 Å². The topological polar surface area (TPSA) is 15.3 Å². The van der Waals surface area contributed by atoms with Crippen molar-refractivity contribution in [1.82, 2.24) is 10.2 Å². The molecule has 2 rings (SSSR count). The summed E-state index contributed by atoms with van der Waals surface area (Å²) >= 11 is 0. The zero-order chi connectivity index (χ0) is 18.0. The van der Waals surface area contributed by atoms with Gasteiger partial charge in [0.2, 0.25) is 0 Å². The Morgan fingerprint density at radius 3 is 2.17 bits per heavy atom. The number of benzene rings is 1. The van der Waals surface area contributed by atoms with Crippen molar-refractivity contribution in [2.45, 2.75) is 31.2 Å². The van der Waals surface area contributed by atoms with Crippen molar-refractivity contribution >= 4 is 0 Å². The Balaban J connectivity index is 2.33. The molecule has 1 aromatic carbocycles. The molecule has 2 nitrogen and oxygen atoms in total. The molecule has 1 saturated heterocycles. The summed E-state index contributed by atoms with van der Waals surface area (Å²) in [7, 11) is 0. The monoisotopic (exact) mass is 358 g/mol. The summed E-state index contributed by atoms with van der Waals surface area (Å²) in [5.41, 5.74) is -1.27. The van der Waals surface area contributed by atoms with Crippen molar-refractivity contribution in [3.8, 4) is 0 Å². The number of halogens is 7. The highest BCUT2D eigenvalue weighted by Crippen LogP contribution is 2.36. The number of nitrogens with zero attached hydrogens (tertiary/aromatic N) is 1. The van der Waals surface area contributed by atoms with Gasteiger partial charge in [-0.15, -0.1) is 0 Å². The van der Waals surface area contributed by atoms with Crippen LogP contribution < -0.4 is 5.32 Å². The van der Waals surface area contributed by atoms with E-state index < -0.39 is 42.6 Å². The van der Waals surface area contributed by atoms with Crippen molar-refractivity contribution in [2.75, 3.05) is 26.2 Å². The summed E-state index contributed by atoms with van der Waals surface area (Å²) in [5.74, 6) is -1.10. The van der Waals surface area contributed by atoms with E-state index in [1.807, 2.05) is 0 Å². The van der Waals surface area contributed by atoms with Gasteiger partial charge in [-0.05, 0) is 30.2 Å². The van der Waals surface area contributed by atoms with E-state index in [9.17, 15) is 30.7 Å². The average Bonchev–Trinajstić information content (AvgIpc) is 2.46. The van der Waals surface area contributed by atoms with Gasteiger partial charge in [-0.25, -0.2) is 4.39 Å². The van der Waals surface area contributed by atoms with Gasteiger partial charge >= 0.3 is 12.4 Å². The maximum absolute atomic E-state index is 13.6. The van der Waals surface area contributed by atoms with Crippen LogP contribution in [0.5, 0.6) is 0 Å². The first kappa shape index (κ1) is 19.0. The minimum Gasteiger partial charge on any atom is -0.314 e. The van der Waals surface area contributed by atoms with E-state index in [-0.39, 0.29) is 5.56 Å². The molecule has 1 heterocycles. The quantitative estimate of drug-likeness (QED) is 0.814. The van der Waals surface area contributed by atoms with Crippen LogP contribution in [0, 0.1) is 5.82 Å². The lowest BCUT2D eigenvalue weighted by Crippen LogP contribution is -2.45. The fraction of sp³-hybridized carbons (Fsp3) is 0.600. The molecule has 0 amide bonds. The molecule has 9 heteroatoms. The molecular weight excluding hydrogens is 341 g/mol. The second-order valence-electron chi connectivity index (χ2n) is 5.73. The zero-order valence-corrected chi connectivity index (χ0v) is 12.6. The Morgan fingerprint density at radius 1 is 1.00 bits per heavy atom. The summed E-state index contributed by atoms with van der Waals surface area (Å²) in [5, 5.41) is 3.02.